The van der Waals surface area contributed by atoms with Crippen LogP contribution in [0.25, 0.3) is 5.57 Å². The molecule has 9 heteroatoms. The van der Waals surface area contributed by atoms with Crippen molar-refractivity contribution in [2.45, 2.75) is 29.7 Å². The van der Waals surface area contributed by atoms with Crippen LogP contribution in [-0.4, -0.2) is 32.5 Å². The predicted molar refractivity (Wildman–Crippen MR) is 145 cm³/mol. The van der Waals surface area contributed by atoms with E-state index in [-0.39, 0.29) is 16.3 Å². The maximum absolute atomic E-state index is 12.2. The van der Waals surface area contributed by atoms with Crippen molar-refractivity contribution in [3.8, 4) is 0 Å². The molecule has 0 atom stereocenters. The predicted octanol–water partition coefficient (Wildman–Crippen LogP) is 5.52. The summed E-state index contributed by atoms with van der Waals surface area (Å²) in [6, 6.07) is 20.1. The van der Waals surface area contributed by atoms with Crippen molar-refractivity contribution >= 4 is 31.5 Å². The van der Waals surface area contributed by atoms with Crippen LogP contribution in [0, 0.1) is 0 Å². The fourth-order valence-electron chi connectivity index (χ4n) is 4.38. The molecule has 3 aromatic carbocycles. The summed E-state index contributed by atoms with van der Waals surface area (Å²) in [6.45, 7) is 2.78. The lowest BCUT2D eigenvalue weighted by atomic mass is 9.91. The Labute approximate surface area is 217 Å². The zero-order chi connectivity index (χ0) is 26.6. The molecule has 0 unspecified atom stereocenters. The Balaban J connectivity index is 1.76. The Morgan fingerprint density at radius 1 is 0.784 bits per heavy atom. The first-order valence-corrected chi connectivity index (χ1v) is 14.5. The molecular weight excluding hydrogens is 510 g/mol. The van der Waals surface area contributed by atoms with Gasteiger partial charge in [0.2, 0.25) is 0 Å². The molecule has 3 aromatic rings. The second-order valence-corrected chi connectivity index (χ2v) is 11.3. The monoisotopic (exact) mass is 537 g/mol. The lowest BCUT2D eigenvalue weighted by molar-refractivity contribution is 0.480. The summed E-state index contributed by atoms with van der Waals surface area (Å²) in [5.74, 6) is 0. The van der Waals surface area contributed by atoms with E-state index in [1.165, 1.54) is 12.1 Å². The zero-order valence-corrected chi connectivity index (χ0v) is 21.8. The van der Waals surface area contributed by atoms with Crippen LogP contribution < -0.4 is 4.90 Å². The first kappa shape index (κ1) is 26.6. The lowest BCUT2D eigenvalue weighted by Gasteiger charge is -2.25. The summed E-state index contributed by atoms with van der Waals surface area (Å²) in [7, 11) is -8.82. The van der Waals surface area contributed by atoms with Crippen molar-refractivity contribution in [3.63, 3.8) is 0 Å². The fourth-order valence-corrected chi connectivity index (χ4v) is 5.80. The molecule has 0 bridgehead atoms. The van der Waals surface area contributed by atoms with Gasteiger partial charge in [-0.05, 0) is 59.9 Å². The van der Waals surface area contributed by atoms with Gasteiger partial charge < -0.3 is 4.90 Å². The van der Waals surface area contributed by atoms with E-state index in [1.54, 1.807) is 36.4 Å². The molecule has 0 aliphatic heterocycles. The molecule has 192 valence electrons. The molecule has 4 rings (SSSR count). The lowest BCUT2D eigenvalue weighted by Crippen LogP contribution is -2.23. The van der Waals surface area contributed by atoms with Crippen LogP contribution in [0.1, 0.15) is 30.0 Å². The van der Waals surface area contributed by atoms with E-state index in [0.717, 1.165) is 23.2 Å². The van der Waals surface area contributed by atoms with E-state index in [0.29, 0.717) is 23.2 Å². The molecule has 1 aliphatic rings. The van der Waals surface area contributed by atoms with Gasteiger partial charge >= 0.3 is 0 Å². The van der Waals surface area contributed by atoms with Crippen molar-refractivity contribution in [2.75, 3.05) is 11.4 Å². The smallest absolute Gasteiger partial charge is 0.295 e. The molecule has 0 amide bonds. The Morgan fingerprint density at radius 3 is 1.95 bits per heavy atom. The summed E-state index contributed by atoms with van der Waals surface area (Å²) in [4.78, 5) is 1.66. The fraction of sp³-hybridized carbons (Fsp3) is 0.143. The summed E-state index contributed by atoms with van der Waals surface area (Å²) < 4.78 is 67.4. The Bertz CT molecular complexity index is 1590. The topological polar surface area (TPSA) is 112 Å². The zero-order valence-electron chi connectivity index (χ0n) is 20.2. The molecular formula is C28H27NO6S2. The van der Waals surface area contributed by atoms with Gasteiger partial charge in [0.15, 0.2) is 0 Å². The van der Waals surface area contributed by atoms with E-state index in [9.17, 15) is 25.9 Å². The number of allylic oxidation sites excluding steroid dienone is 5. The van der Waals surface area contributed by atoms with Crippen LogP contribution in [0.3, 0.4) is 0 Å². The third-order valence-corrected chi connectivity index (χ3v) is 7.97. The van der Waals surface area contributed by atoms with Gasteiger partial charge in [0.05, 0.1) is 4.90 Å². The first-order chi connectivity index (χ1) is 17.6. The van der Waals surface area contributed by atoms with Gasteiger partial charge in [-0.3, -0.25) is 9.11 Å². The quantitative estimate of drug-likeness (QED) is 0.364. The number of benzene rings is 3. The average molecular weight is 538 g/mol. The summed E-state index contributed by atoms with van der Waals surface area (Å²) in [5, 5.41) is 0. The molecule has 0 saturated carbocycles. The summed E-state index contributed by atoms with van der Waals surface area (Å²) in [5.41, 5.74) is 3.90. The van der Waals surface area contributed by atoms with Crippen LogP contribution in [0.2, 0.25) is 0 Å². The third-order valence-electron chi connectivity index (χ3n) is 6.10. The van der Waals surface area contributed by atoms with Crippen LogP contribution in [-0.2, 0) is 26.8 Å². The second kappa shape index (κ2) is 10.9. The van der Waals surface area contributed by atoms with Crippen LogP contribution in [0.4, 0.5) is 5.69 Å². The van der Waals surface area contributed by atoms with E-state index in [1.807, 2.05) is 60.4 Å². The number of hydrogen-bond acceptors (Lipinski definition) is 5. The normalized spacial score (nSPS) is 13.5. The number of nitrogens with zero attached hydrogens (tertiary/aromatic N) is 1. The minimum atomic E-state index is -4.46. The maximum Gasteiger partial charge on any atom is 0.295 e. The van der Waals surface area contributed by atoms with E-state index in [4.69, 9.17) is 0 Å². The number of rotatable bonds is 8. The number of anilines is 1. The molecule has 37 heavy (non-hydrogen) atoms. The highest BCUT2D eigenvalue weighted by Gasteiger charge is 2.21. The Morgan fingerprint density at radius 2 is 1.35 bits per heavy atom. The van der Waals surface area contributed by atoms with Gasteiger partial charge in [-0.1, -0.05) is 72.8 Å². The highest BCUT2D eigenvalue weighted by atomic mass is 32.2. The van der Waals surface area contributed by atoms with Gasteiger partial charge in [0.1, 0.15) is 4.90 Å². The molecule has 7 nitrogen and oxygen atoms in total. The number of hydrogen-bond donors (Lipinski definition) is 2. The highest BCUT2D eigenvalue weighted by molar-refractivity contribution is 7.86. The minimum Gasteiger partial charge on any atom is -0.367 e. The van der Waals surface area contributed by atoms with Crippen molar-refractivity contribution in [2.24, 2.45) is 0 Å². The maximum atomic E-state index is 12.2. The molecule has 2 N–H and O–H groups in total. The SMILES string of the molecule is CCN(Cc1ccccc1S(=O)(=O)O)c1ccc(C(=C2C=CCC=C2)c2ccccc2S(=O)(=O)O)cc1. The van der Waals surface area contributed by atoms with Gasteiger partial charge in [0, 0.05) is 24.3 Å². The van der Waals surface area contributed by atoms with Gasteiger partial charge in [-0.25, -0.2) is 0 Å². The Hall–Kier alpha value is -3.50. The summed E-state index contributed by atoms with van der Waals surface area (Å²) in [6.07, 6.45) is 8.58. The third kappa shape index (κ3) is 6.08. The van der Waals surface area contributed by atoms with Crippen LogP contribution in [0.5, 0.6) is 0 Å². The minimum absolute atomic E-state index is 0.130. The molecule has 0 spiro atoms. The van der Waals surface area contributed by atoms with Crippen molar-refractivity contribution < 1.29 is 25.9 Å². The van der Waals surface area contributed by atoms with Gasteiger partial charge in [-0.15, -0.1) is 0 Å². The van der Waals surface area contributed by atoms with Crippen molar-refractivity contribution in [1.29, 1.82) is 0 Å². The standard InChI is InChI=1S/C28H27NO6S2/c1-2-29(20-23-12-6-8-14-26(23)36(30,31)32)24-18-16-22(17-19-24)28(21-10-4-3-5-11-21)25-13-7-9-15-27(25)37(33,34)35/h4-19H,2-3,20H2,1H3,(H,30,31,32)(H,33,34,35). The van der Waals surface area contributed by atoms with Crippen molar-refractivity contribution in [3.05, 3.63) is 119 Å². The van der Waals surface area contributed by atoms with E-state index >= 15 is 0 Å². The van der Waals surface area contributed by atoms with Crippen LogP contribution >= 0.6 is 0 Å². The molecule has 0 aromatic heterocycles. The molecule has 0 saturated heterocycles. The van der Waals surface area contributed by atoms with E-state index < -0.39 is 20.2 Å². The van der Waals surface area contributed by atoms with Crippen LogP contribution in [0.15, 0.2) is 112 Å². The first-order valence-electron chi connectivity index (χ1n) is 11.6. The van der Waals surface area contributed by atoms with E-state index in [2.05, 4.69) is 0 Å². The summed E-state index contributed by atoms with van der Waals surface area (Å²) >= 11 is 0. The van der Waals surface area contributed by atoms with Gasteiger partial charge in [-0.2, -0.15) is 16.8 Å². The van der Waals surface area contributed by atoms with Gasteiger partial charge in [0.25, 0.3) is 20.2 Å². The highest BCUT2D eigenvalue weighted by Crippen LogP contribution is 2.35. The molecule has 0 fully saturated rings. The Kier molecular flexibility index (Phi) is 7.79. The van der Waals surface area contributed by atoms with Crippen molar-refractivity contribution in [1.82, 2.24) is 0 Å². The second-order valence-electron chi connectivity index (χ2n) is 8.49. The molecule has 0 heterocycles. The largest absolute Gasteiger partial charge is 0.367 e. The molecule has 1 aliphatic carbocycles. The average Bonchev–Trinajstić information content (AvgIpc) is 2.88. The molecule has 0 radical (unpaired) electrons.